The summed E-state index contributed by atoms with van der Waals surface area (Å²) in [6.07, 6.45) is 1.77. The van der Waals surface area contributed by atoms with Crippen LogP contribution >= 0.6 is 11.6 Å². The minimum absolute atomic E-state index is 0.593. The second kappa shape index (κ2) is 7.69. The summed E-state index contributed by atoms with van der Waals surface area (Å²) in [7, 11) is 0. The topological polar surface area (TPSA) is 56.5 Å². The first-order valence-corrected chi connectivity index (χ1v) is 10.0. The average Bonchev–Trinajstić information content (AvgIpc) is 3.19. The van der Waals surface area contributed by atoms with Gasteiger partial charge in [-0.1, -0.05) is 53.2 Å². The Morgan fingerprint density at radius 3 is 2.63 bits per heavy atom. The van der Waals surface area contributed by atoms with Gasteiger partial charge in [-0.3, -0.25) is 4.98 Å². The maximum absolute atomic E-state index is 6.30. The van der Waals surface area contributed by atoms with Gasteiger partial charge in [0.05, 0.1) is 23.3 Å². The van der Waals surface area contributed by atoms with Crippen LogP contribution in [0.4, 0.5) is 0 Å². The second-order valence-electron chi connectivity index (χ2n) is 7.13. The number of benzene rings is 2. The van der Waals surface area contributed by atoms with E-state index in [-0.39, 0.29) is 0 Å². The Morgan fingerprint density at radius 1 is 0.900 bits per heavy atom. The largest absolute Gasteiger partial charge is 0.255 e. The third-order valence-corrected chi connectivity index (χ3v) is 5.30. The fraction of sp³-hybridized carbons (Fsp3) is 0.0833. The molecule has 6 heteroatoms. The van der Waals surface area contributed by atoms with Crippen molar-refractivity contribution in [2.75, 3.05) is 0 Å². The molecule has 146 valence electrons. The first-order chi connectivity index (χ1) is 14.7. The molecule has 0 saturated heterocycles. The van der Waals surface area contributed by atoms with Gasteiger partial charge in [0, 0.05) is 16.8 Å². The molecular weight excluding hydrogens is 394 g/mol. The summed E-state index contributed by atoms with van der Waals surface area (Å²) in [6.45, 7) is 2.64. The molecule has 3 aromatic heterocycles. The molecule has 3 heterocycles. The van der Waals surface area contributed by atoms with Crippen LogP contribution in [0.5, 0.6) is 0 Å². The molecule has 0 radical (unpaired) electrons. The van der Waals surface area contributed by atoms with Crippen molar-refractivity contribution in [3.8, 4) is 22.6 Å². The highest BCUT2D eigenvalue weighted by atomic mass is 35.5. The number of pyridine rings is 2. The smallest absolute Gasteiger partial charge is 0.122 e. The molecule has 0 atom stereocenters. The van der Waals surface area contributed by atoms with E-state index in [1.165, 1.54) is 0 Å². The van der Waals surface area contributed by atoms with E-state index < -0.39 is 0 Å². The summed E-state index contributed by atoms with van der Waals surface area (Å²) in [5, 5.41) is 9.68. The zero-order valence-corrected chi connectivity index (χ0v) is 17.1. The highest BCUT2D eigenvalue weighted by Gasteiger charge is 2.20. The third kappa shape index (κ3) is 3.44. The summed E-state index contributed by atoms with van der Waals surface area (Å²) >= 11 is 6.30. The van der Waals surface area contributed by atoms with E-state index in [0.717, 1.165) is 44.8 Å². The summed E-state index contributed by atoms with van der Waals surface area (Å²) in [6, 6.07) is 23.8. The lowest BCUT2D eigenvalue weighted by Gasteiger charge is -2.10. The molecule has 30 heavy (non-hydrogen) atoms. The SMILES string of the molecule is Cc1ccc(Cl)cc1-c1nnn(Cc2ccccc2)c1-c1ccc2ncccc2n1. The maximum Gasteiger partial charge on any atom is 0.122 e. The van der Waals surface area contributed by atoms with Crippen molar-refractivity contribution < 1.29 is 0 Å². The maximum atomic E-state index is 6.30. The van der Waals surface area contributed by atoms with Gasteiger partial charge in [-0.15, -0.1) is 5.10 Å². The molecule has 0 fully saturated rings. The molecular formula is C24H18ClN5. The molecule has 5 nitrogen and oxygen atoms in total. The predicted molar refractivity (Wildman–Crippen MR) is 119 cm³/mol. The van der Waals surface area contributed by atoms with E-state index in [2.05, 4.69) is 27.4 Å². The third-order valence-electron chi connectivity index (χ3n) is 5.06. The molecule has 0 unspecified atom stereocenters. The fourth-order valence-corrected chi connectivity index (χ4v) is 3.73. The number of halogens is 1. The van der Waals surface area contributed by atoms with Crippen LogP contribution in [0.15, 0.2) is 79.0 Å². The first kappa shape index (κ1) is 18.5. The van der Waals surface area contributed by atoms with E-state index in [1.807, 2.05) is 72.3 Å². The standard InChI is InChI=1S/C24H18ClN5/c1-16-9-10-18(25)14-19(16)23-24(22-12-11-20-21(27-22)8-5-13-26-20)30(29-28-23)15-17-6-3-2-4-7-17/h2-14H,15H2,1H3. The predicted octanol–water partition coefficient (Wildman–Crippen LogP) is 5.57. The second-order valence-corrected chi connectivity index (χ2v) is 7.56. The Hall–Kier alpha value is -3.57. The van der Waals surface area contributed by atoms with Gasteiger partial charge in [0.1, 0.15) is 11.4 Å². The van der Waals surface area contributed by atoms with Gasteiger partial charge < -0.3 is 0 Å². The molecule has 5 rings (SSSR count). The number of rotatable bonds is 4. The van der Waals surface area contributed by atoms with E-state index in [0.29, 0.717) is 11.6 Å². The van der Waals surface area contributed by atoms with E-state index in [1.54, 1.807) is 6.20 Å². The minimum Gasteiger partial charge on any atom is -0.255 e. The van der Waals surface area contributed by atoms with Crippen LogP contribution < -0.4 is 0 Å². The van der Waals surface area contributed by atoms with Crippen molar-refractivity contribution in [2.45, 2.75) is 13.5 Å². The lowest BCUT2D eigenvalue weighted by Crippen LogP contribution is -2.05. The fourth-order valence-electron chi connectivity index (χ4n) is 3.55. The summed E-state index contributed by atoms with van der Waals surface area (Å²) < 4.78 is 1.90. The number of aryl methyl sites for hydroxylation is 1. The number of fused-ring (bicyclic) bond motifs is 1. The van der Waals surface area contributed by atoms with E-state index in [4.69, 9.17) is 16.6 Å². The molecule has 5 aromatic rings. The quantitative estimate of drug-likeness (QED) is 0.388. The van der Waals surface area contributed by atoms with Gasteiger partial charge in [0.25, 0.3) is 0 Å². The molecule has 2 aromatic carbocycles. The normalized spacial score (nSPS) is 11.1. The Balaban J connectivity index is 1.72. The van der Waals surface area contributed by atoms with Crippen molar-refractivity contribution >= 4 is 22.6 Å². The van der Waals surface area contributed by atoms with Gasteiger partial charge in [0.2, 0.25) is 0 Å². The van der Waals surface area contributed by atoms with Gasteiger partial charge in [0.15, 0.2) is 0 Å². The van der Waals surface area contributed by atoms with Gasteiger partial charge >= 0.3 is 0 Å². The lowest BCUT2D eigenvalue weighted by molar-refractivity contribution is 0.655. The highest BCUT2D eigenvalue weighted by molar-refractivity contribution is 6.30. The number of nitrogens with zero attached hydrogens (tertiary/aromatic N) is 5. The minimum atomic E-state index is 0.593. The Labute approximate surface area is 179 Å². The Bertz CT molecular complexity index is 1340. The van der Waals surface area contributed by atoms with Crippen molar-refractivity contribution in [2.24, 2.45) is 0 Å². The van der Waals surface area contributed by atoms with Crippen LogP contribution in [-0.2, 0) is 6.54 Å². The monoisotopic (exact) mass is 411 g/mol. The van der Waals surface area contributed by atoms with Gasteiger partial charge in [-0.2, -0.15) is 0 Å². The molecule has 0 aliphatic rings. The molecule has 0 amide bonds. The van der Waals surface area contributed by atoms with Crippen molar-refractivity contribution in [1.29, 1.82) is 0 Å². The Kier molecular flexibility index (Phi) is 4.73. The molecule has 0 saturated carbocycles. The molecule has 0 aliphatic carbocycles. The van der Waals surface area contributed by atoms with E-state index >= 15 is 0 Å². The number of aromatic nitrogens is 5. The van der Waals surface area contributed by atoms with Crippen molar-refractivity contribution in [1.82, 2.24) is 25.0 Å². The van der Waals surface area contributed by atoms with Crippen molar-refractivity contribution in [3.63, 3.8) is 0 Å². The zero-order chi connectivity index (χ0) is 20.5. The molecule has 0 bridgehead atoms. The first-order valence-electron chi connectivity index (χ1n) is 9.65. The van der Waals surface area contributed by atoms with Crippen LogP contribution in [0, 0.1) is 6.92 Å². The van der Waals surface area contributed by atoms with Crippen LogP contribution in [0.1, 0.15) is 11.1 Å². The summed E-state index contributed by atoms with van der Waals surface area (Å²) in [5.41, 5.74) is 7.27. The van der Waals surface area contributed by atoms with Crippen LogP contribution in [-0.4, -0.2) is 25.0 Å². The molecule has 0 aliphatic heterocycles. The molecule has 0 spiro atoms. The zero-order valence-electron chi connectivity index (χ0n) is 16.3. The van der Waals surface area contributed by atoms with Crippen LogP contribution in [0.2, 0.25) is 5.02 Å². The average molecular weight is 412 g/mol. The van der Waals surface area contributed by atoms with Crippen molar-refractivity contribution in [3.05, 3.63) is 95.1 Å². The van der Waals surface area contributed by atoms with Gasteiger partial charge in [-0.25, -0.2) is 9.67 Å². The summed E-state index contributed by atoms with van der Waals surface area (Å²) in [4.78, 5) is 9.24. The molecule has 0 N–H and O–H groups in total. The van der Waals surface area contributed by atoms with Crippen LogP contribution in [0.25, 0.3) is 33.7 Å². The lowest BCUT2D eigenvalue weighted by atomic mass is 10.0. The number of hydrogen-bond donors (Lipinski definition) is 0. The van der Waals surface area contributed by atoms with Crippen LogP contribution in [0.3, 0.4) is 0 Å². The Morgan fingerprint density at radius 2 is 1.77 bits per heavy atom. The van der Waals surface area contributed by atoms with Gasteiger partial charge in [-0.05, 0) is 54.4 Å². The summed E-state index contributed by atoms with van der Waals surface area (Å²) in [5.74, 6) is 0. The number of hydrogen-bond acceptors (Lipinski definition) is 4. The highest BCUT2D eigenvalue weighted by Crippen LogP contribution is 2.33. The van der Waals surface area contributed by atoms with E-state index in [9.17, 15) is 0 Å².